The van der Waals surface area contributed by atoms with Crippen molar-refractivity contribution in [2.24, 2.45) is 0 Å². The lowest BCUT2D eigenvalue weighted by Gasteiger charge is -1.91. The van der Waals surface area contributed by atoms with Crippen molar-refractivity contribution >= 4 is 21.7 Å². The lowest BCUT2D eigenvalue weighted by atomic mass is 10.2. The molecule has 0 N–H and O–H groups in total. The van der Waals surface area contributed by atoms with Crippen LogP contribution in [0.2, 0.25) is 0 Å². The van der Waals surface area contributed by atoms with E-state index >= 15 is 0 Å². The highest BCUT2D eigenvalue weighted by Crippen LogP contribution is 2.18. The normalized spacial score (nSPS) is 9.58. The van der Waals surface area contributed by atoms with Gasteiger partial charge < -0.3 is 4.42 Å². The van der Waals surface area contributed by atoms with Gasteiger partial charge in [0.15, 0.2) is 5.76 Å². The van der Waals surface area contributed by atoms with Crippen LogP contribution in [0.15, 0.2) is 32.9 Å². The highest BCUT2D eigenvalue weighted by Gasteiger charge is 2.10. The van der Waals surface area contributed by atoms with E-state index in [0.717, 1.165) is 5.57 Å². The van der Waals surface area contributed by atoms with Crippen molar-refractivity contribution in [1.29, 1.82) is 0 Å². The van der Waals surface area contributed by atoms with Gasteiger partial charge in [0.25, 0.3) is 0 Å². The van der Waals surface area contributed by atoms with Gasteiger partial charge in [-0.05, 0) is 41.9 Å². The lowest BCUT2D eigenvalue weighted by molar-refractivity contribution is 0.102. The zero-order valence-electron chi connectivity index (χ0n) is 6.93. The molecule has 1 aromatic rings. The Morgan fingerprint density at radius 3 is 2.67 bits per heavy atom. The summed E-state index contributed by atoms with van der Waals surface area (Å²) in [4.78, 5) is 11.3. The van der Waals surface area contributed by atoms with Crippen LogP contribution >= 0.6 is 15.9 Å². The molecule has 0 radical (unpaired) electrons. The molecule has 12 heavy (non-hydrogen) atoms. The molecular formula is C9H9BrO2. The van der Waals surface area contributed by atoms with Crippen LogP contribution in [0.5, 0.6) is 0 Å². The van der Waals surface area contributed by atoms with E-state index in [2.05, 4.69) is 15.9 Å². The first-order valence-electron chi connectivity index (χ1n) is 3.53. The second-order valence-corrected chi connectivity index (χ2v) is 3.54. The first-order valence-corrected chi connectivity index (χ1v) is 4.33. The molecule has 1 rings (SSSR count). The Morgan fingerprint density at radius 2 is 2.25 bits per heavy atom. The molecule has 2 nitrogen and oxygen atoms in total. The zero-order chi connectivity index (χ0) is 9.14. The highest BCUT2D eigenvalue weighted by atomic mass is 79.9. The Kier molecular flexibility index (Phi) is 2.87. The summed E-state index contributed by atoms with van der Waals surface area (Å²) in [6, 6.07) is 1.70. The Balaban J connectivity index is 2.93. The molecule has 0 saturated carbocycles. The van der Waals surface area contributed by atoms with Crippen molar-refractivity contribution in [3.8, 4) is 0 Å². The van der Waals surface area contributed by atoms with E-state index in [1.54, 1.807) is 12.1 Å². The zero-order valence-corrected chi connectivity index (χ0v) is 8.51. The standard InChI is InChI=1S/C9H9BrO2/c1-6(2)5-8(11)9-7(10)3-4-12-9/h3-5H,1-2H3. The summed E-state index contributed by atoms with van der Waals surface area (Å²) in [5, 5.41) is 0. The van der Waals surface area contributed by atoms with Gasteiger partial charge in [0.05, 0.1) is 10.7 Å². The van der Waals surface area contributed by atoms with Crippen molar-refractivity contribution in [3.05, 3.63) is 34.2 Å². The Hall–Kier alpha value is -0.830. The van der Waals surface area contributed by atoms with Crippen LogP contribution < -0.4 is 0 Å². The molecule has 3 heteroatoms. The monoisotopic (exact) mass is 228 g/mol. The average Bonchev–Trinajstić information content (AvgIpc) is 2.33. The maximum Gasteiger partial charge on any atom is 0.222 e. The minimum Gasteiger partial charge on any atom is -0.460 e. The van der Waals surface area contributed by atoms with Crippen LogP contribution in [0.1, 0.15) is 24.4 Å². The van der Waals surface area contributed by atoms with Crippen LogP contribution in [-0.2, 0) is 0 Å². The van der Waals surface area contributed by atoms with Gasteiger partial charge in [0, 0.05) is 0 Å². The summed E-state index contributed by atoms with van der Waals surface area (Å²) in [5.74, 6) is 0.253. The number of carbonyl (C=O) groups excluding carboxylic acids is 1. The smallest absolute Gasteiger partial charge is 0.222 e. The predicted octanol–water partition coefficient (Wildman–Crippen LogP) is 3.19. The van der Waals surface area contributed by atoms with E-state index < -0.39 is 0 Å². The molecule has 0 aliphatic heterocycles. The van der Waals surface area contributed by atoms with Crippen molar-refractivity contribution in [3.63, 3.8) is 0 Å². The summed E-state index contributed by atoms with van der Waals surface area (Å²) in [6.45, 7) is 3.74. The van der Waals surface area contributed by atoms with Crippen LogP contribution in [-0.4, -0.2) is 5.78 Å². The first-order chi connectivity index (χ1) is 5.61. The molecule has 0 aliphatic carbocycles. The molecule has 1 aromatic heterocycles. The van der Waals surface area contributed by atoms with E-state index in [9.17, 15) is 4.79 Å². The second kappa shape index (κ2) is 3.72. The van der Waals surface area contributed by atoms with E-state index in [-0.39, 0.29) is 5.78 Å². The third-order valence-electron chi connectivity index (χ3n) is 1.26. The Bertz CT molecular complexity index is 319. The molecule has 0 spiro atoms. The van der Waals surface area contributed by atoms with E-state index in [1.165, 1.54) is 6.26 Å². The van der Waals surface area contributed by atoms with Crippen LogP contribution in [0.4, 0.5) is 0 Å². The van der Waals surface area contributed by atoms with Crippen molar-refractivity contribution in [1.82, 2.24) is 0 Å². The van der Waals surface area contributed by atoms with Crippen molar-refractivity contribution in [2.75, 3.05) is 0 Å². The fraction of sp³-hybridized carbons (Fsp3) is 0.222. The summed E-state index contributed by atoms with van der Waals surface area (Å²) >= 11 is 3.21. The van der Waals surface area contributed by atoms with Gasteiger partial charge in [-0.15, -0.1) is 0 Å². The van der Waals surface area contributed by atoms with Gasteiger partial charge in [0.1, 0.15) is 0 Å². The number of halogens is 1. The van der Waals surface area contributed by atoms with Crippen LogP contribution in [0.3, 0.4) is 0 Å². The molecule has 0 aromatic carbocycles. The van der Waals surface area contributed by atoms with Gasteiger partial charge in [0.2, 0.25) is 5.78 Å². The van der Waals surface area contributed by atoms with Crippen molar-refractivity contribution < 1.29 is 9.21 Å². The molecule has 0 fully saturated rings. The number of rotatable bonds is 2. The van der Waals surface area contributed by atoms with Crippen LogP contribution in [0.25, 0.3) is 0 Å². The number of allylic oxidation sites excluding steroid dienone is 2. The van der Waals surface area contributed by atoms with Gasteiger partial charge >= 0.3 is 0 Å². The quantitative estimate of drug-likeness (QED) is 0.575. The second-order valence-electron chi connectivity index (χ2n) is 2.68. The molecule has 64 valence electrons. The number of carbonyl (C=O) groups is 1. The van der Waals surface area contributed by atoms with Gasteiger partial charge in [-0.3, -0.25) is 4.79 Å². The third kappa shape index (κ3) is 2.08. The number of hydrogen-bond donors (Lipinski definition) is 0. The number of ketones is 1. The van der Waals surface area contributed by atoms with Crippen molar-refractivity contribution in [2.45, 2.75) is 13.8 Å². The summed E-state index contributed by atoms with van der Waals surface area (Å²) in [6.07, 6.45) is 3.03. The topological polar surface area (TPSA) is 30.2 Å². The summed E-state index contributed by atoms with van der Waals surface area (Å²) in [5.41, 5.74) is 0.961. The minimum absolute atomic E-state index is 0.105. The average molecular weight is 229 g/mol. The molecule has 0 saturated heterocycles. The first kappa shape index (κ1) is 9.26. The fourth-order valence-electron chi connectivity index (χ4n) is 0.797. The fourth-order valence-corrected chi connectivity index (χ4v) is 1.19. The maximum absolute atomic E-state index is 11.3. The molecule has 0 amide bonds. The van der Waals surface area contributed by atoms with Gasteiger partial charge in [-0.2, -0.15) is 0 Å². The summed E-state index contributed by atoms with van der Waals surface area (Å²) in [7, 11) is 0. The molecule has 0 atom stereocenters. The third-order valence-corrected chi connectivity index (χ3v) is 1.89. The lowest BCUT2D eigenvalue weighted by Crippen LogP contribution is -1.92. The Morgan fingerprint density at radius 1 is 1.58 bits per heavy atom. The number of furan rings is 1. The number of hydrogen-bond acceptors (Lipinski definition) is 2. The van der Waals surface area contributed by atoms with E-state index in [0.29, 0.717) is 10.2 Å². The van der Waals surface area contributed by atoms with Crippen LogP contribution in [0, 0.1) is 0 Å². The molecule has 0 aliphatic rings. The highest BCUT2D eigenvalue weighted by molar-refractivity contribution is 9.10. The maximum atomic E-state index is 11.3. The van der Waals surface area contributed by atoms with Gasteiger partial charge in [-0.1, -0.05) is 5.57 Å². The van der Waals surface area contributed by atoms with E-state index in [4.69, 9.17) is 4.42 Å². The molecule has 0 unspecified atom stereocenters. The molecular weight excluding hydrogens is 220 g/mol. The predicted molar refractivity (Wildman–Crippen MR) is 50.2 cm³/mol. The summed E-state index contributed by atoms with van der Waals surface area (Å²) < 4.78 is 5.69. The SMILES string of the molecule is CC(C)=CC(=O)c1occc1Br. The Labute approximate surface area is 79.4 Å². The molecule has 0 bridgehead atoms. The van der Waals surface area contributed by atoms with Gasteiger partial charge in [-0.25, -0.2) is 0 Å². The van der Waals surface area contributed by atoms with E-state index in [1.807, 2.05) is 13.8 Å². The largest absolute Gasteiger partial charge is 0.460 e. The molecule has 1 heterocycles. The minimum atomic E-state index is -0.105.